The Morgan fingerprint density at radius 2 is 1.81 bits per heavy atom. The predicted octanol–water partition coefficient (Wildman–Crippen LogP) is 3.56. The second kappa shape index (κ2) is 9.23. The lowest BCUT2D eigenvalue weighted by Gasteiger charge is -2.10. The fraction of sp³-hybridized carbons (Fsp3) is 0.143. The van der Waals surface area contributed by atoms with Crippen LogP contribution in [0.4, 0.5) is 13.2 Å². The van der Waals surface area contributed by atoms with Gasteiger partial charge in [-0.1, -0.05) is 35.9 Å². The average molecular weight is 465 g/mol. The first kappa shape index (κ1) is 23.0. The maximum atomic E-state index is 12.9. The minimum Gasteiger partial charge on any atom is -0.268 e. The molecule has 0 aliphatic heterocycles. The summed E-state index contributed by atoms with van der Waals surface area (Å²) in [4.78, 5) is 36.9. The lowest BCUT2D eigenvalue weighted by Crippen LogP contribution is -2.42. The lowest BCUT2D eigenvalue weighted by molar-refractivity contribution is -0.137. The van der Waals surface area contributed by atoms with Crippen LogP contribution in [-0.4, -0.2) is 21.6 Å². The van der Waals surface area contributed by atoms with Crippen molar-refractivity contribution >= 4 is 40.3 Å². The number of nitrogens with one attached hydrogen (secondary N) is 2. The van der Waals surface area contributed by atoms with Crippen molar-refractivity contribution in [3.8, 4) is 0 Å². The number of aromatic nitrogens is 2. The van der Waals surface area contributed by atoms with Gasteiger partial charge in [-0.25, -0.2) is 4.68 Å². The topological polar surface area (TPSA) is 93.1 Å². The van der Waals surface area contributed by atoms with Gasteiger partial charge >= 0.3 is 6.18 Å². The fourth-order valence-corrected chi connectivity index (χ4v) is 3.10. The molecule has 2 N–H and O–H groups in total. The fourth-order valence-electron chi connectivity index (χ4n) is 2.87. The van der Waals surface area contributed by atoms with E-state index in [4.69, 9.17) is 11.6 Å². The summed E-state index contributed by atoms with van der Waals surface area (Å²) in [5, 5.41) is 4.18. The maximum Gasteiger partial charge on any atom is 0.417 e. The van der Waals surface area contributed by atoms with Gasteiger partial charge in [-0.2, -0.15) is 18.3 Å². The molecule has 0 atom stereocenters. The summed E-state index contributed by atoms with van der Waals surface area (Å²) < 4.78 is 39.9. The molecular weight excluding hydrogens is 449 g/mol. The van der Waals surface area contributed by atoms with Crippen molar-refractivity contribution in [2.75, 3.05) is 0 Å². The molecule has 0 radical (unpaired) electrons. The van der Waals surface area contributed by atoms with E-state index in [0.717, 1.165) is 29.0 Å². The van der Waals surface area contributed by atoms with Crippen LogP contribution in [0.3, 0.4) is 0 Å². The van der Waals surface area contributed by atoms with Crippen molar-refractivity contribution < 1.29 is 22.8 Å². The monoisotopic (exact) mass is 464 g/mol. The van der Waals surface area contributed by atoms with Crippen LogP contribution >= 0.6 is 11.6 Å². The average Bonchev–Trinajstić information content (AvgIpc) is 2.76. The summed E-state index contributed by atoms with van der Waals surface area (Å²) in [6.07, 6.45) is -2.55. The first-order valence-electron chi connectivity index (χ1n) is 9.26. The van der Waals surface area contributed by atoms with E-state index < -0.39 is 28.6 Å². The summed E-state index contributed by atoms with van der Waals surface area (Å²) in [6.45, 7) is 1.93. The lowest BCUT2D eigenvalue weighted by atomic mass is 10.1. The van der Waals surface area contributed by atoms with E-state index in [1.807, 2.05) is 0 Å². The zero-order valence-electron chi connectivity index (χ0n) is 16.5. The van der Waals surface area contributed by atoms with E-state index in [9.17, 15) is 27.6 Å². The molecule has 0 bridgehead atoms. The van der Waals surface area contributed by atoms with Crippen molar-refractivity contribution in [1.82, 2.24) is 20.6 Å². The minimum atomic E-state index is -4.64. The third-order valence-electron chi connectivity index (χ3n) is 4.40. The molecule has 0 saturated heterocycles. The van der Waals surface area contributed by atoms with Crippen LogP contribution in [0.1, 0.15) is 28.5 Å². The molecule has 3 aromatic rings. The van der Waals surface area contributed by atoms with Gasteiger partial charge in [0, 0.05) is 18.0 Å². The molecule has 0 unspecified atom stereocenters. The van der Waals surface area contributed by atoms with Gasteiger partial charge in [-0.05, 0) is 36.8 Å². The Kier molecular flexibility index (Phi) is 6.64. The number of aryl methyl sites for hydroxylation is 1. The molecule has 3 rings (SSSR count). The third kappa shape index (κ3) is 4.97. The minimum absolute atomic E-state index is 0.0705. The number of carbonyl (C=O) groups is 2. The van der Waals surface area contributed by atoms with Gasteiger partial charge in [0.15, 0.2) is 5.69 Å². The number of carbonyl (C=O) groups excluding carboxylic acids is 2. The van der Waals surface area contributed by atoms with Crippen molar-refractivity contribution in [3.63, 3.8) is 0 Å². The van der Waals surface area contributed by atoms with E-state index in [1.165, 1.54) is 6.07 Å². The molecule has 1 heterocycles. The first-order valence-corrected chi connectivity index (χ1v) is 9.64. The second-order valence-corrected chi connectivity index (χ2v) is 6.94. The molecule has 1 aromatic heterocycles. The van der Waals surface area contributed by atoms with E-state index in [1.54, 1.807) is 31.2 Å². The first-order chi connectivity index (χ1) is 15.1. The molecule has 0 saturated carbocycles. The Bertz CT molecular complexity index is 1290. The smallest absolute Gasteiger partial charge is 0.268 e. The molecule has 11 heteroatoms. The van der Waals surface area contributed by atoms with Crippen LogP contribution in [-0.2, 0) is 17.5 Å². The number of halogens is 4. The van der Waals surface area contributed by atoms with Crippen LogP contribution in [0.25, 0.3) is 16.8 Å². The van der Waals surface area contributed by atoms with E-state index in [-0.39, 0.29) is 23.4 Å². The Morgan fingerprint density at radius 1 is 1.12 bits per heavy atom. The number of hydrogen-bond donors (Lipinski definition) is 2. The molecule has 2 aromatic carbocycles. The Labute approximate surface area is 184 Å². The van der Waals surface area contributed by atoms with Crippen LogP contribution in [0, 0.1) is 0 Å². The number of nitrogens with zero attached hydrogens (tertiary/aromatic N) is 2. The highest BCUT2D eigenvalue weighted by atomic mass is 35.5. The van der Waals surface area contributed by atoms with E-state index in [2.05, 4.69) is 16.0 Å². The molecular formula is C21H16ClF3N4O3. The molecule has 166 valence electrons. The third-order valence-corrected chi connectivity index (χ3v) is 4.73. The van der Waals surface area contributed by atoms with Gasteiger partial charge in [0.25, 0.3) is 17.4 Å². The highest BCUT2D eigenvalue weighted by molar-refractivity contribution is 6.31. The summed E-state index contributed by atoms with van der Waals surface area (Å²) in [5.41, 5.74) is 2.93. The molecule has 0 aliphatic rings. The summed E-state index contributed by atoms with van der Waals surface area (Å²) in [5.74, 6) is -1.56. The van der Waals surface area contributed by atoms with Crippen LogP contribution in [0.15, 0.2) is 53.3 Å². The van der Waals surface area contributed by atoms with Crippen LogP contribution < -0.4 is 16.4 Å². The number of hydrogen-bond acceptors (Lipinski definition) is 4. The molecule has 0 fully saturated rings. The summed E-state index contributed by atoms with van der Waals surface area (Å²) in [7, 11) is 0. The Hall–Kier alpha value is -3.66. The summed E-state index contributed by atoms with van der Waals surface area (Å²) in [6, 6.07) is 9.59. The standard InChI is InChI=1S/C21H16ClF3N4O3/c1-2-29-20(32)14-6-4-3-5-13(14)18(28-29)19(31)27-26-17(30)10-8-12-7-9-16(22)15(11-12)21(23,24)25/h3-11H,2H2,1H3,(H,26,30)(H,27,31)/b10-8+. The number of benzene rings is 2. The van der Waals surface area contributed by atoms with Crippen molar-refractivity contribution in [2.24, 2.45) is 0 Å². The molecule has 7 nitrogen and oxygen atoms in total. The van der Waals surface area contributed by atoms with E-state index in [0.29, 0.717) is 10.8 Å². The Morgan fingerprint density at radius 3 is 2.47 bits per heavy atom. The Balaban J connectivity index is 1.74. The zero-order chi connectivity index (χ0) is 23.5. The SMILES string of the molecule is CCn1nc(C(=O)NNC(=O)/C=C/c2ccc(Cl)c(C(F)(F)F)c2)c2ccccc2c1=O. The number of rotatable bonds is 4. The highest BCUT2D eigenvalue weighted by Crippen LogP contribution is 2.35. The van der Waals surface area contributed by atoms with Gasteiger partial charge in [-0.15, -0.1) is 0 Å². The molecule has 32 heavy (non-hydrogen) atoms. The normalized spacial score (nSPS) is 11.7. The van der Waals surface area contributed by atoms with Crippen molar-refractivity contribution in [3.05, 3.63) is 80.7 Å². The number of fused-ring (bicyclic) bond motifs is 1. The number of amides is 2. The predicted molar refractivity (Wildman–Crippen MR) is 113 cm³/mol. The number of hydrazine groups is 1. The highest BCUT2D eigenvalue weighted by Gasteiger charge is 2.33. The van der Waals surface area contributed by atoms with Crippen LogP contribution in [0.2, 0.25) is 5.02 Å². The largest absolute Gasteiger partial charge is 0.417 e. The van der Waals surface area contributed by atoms with Gasteiger partial charge in [0.2, 0.25) is 0 Å². The van der Waals surface area contributed by atoms with Gasteiger partial charge in [0.1, 0.15) is 0 Å². The van der Waals surface area contributed by atoms with E-state index >= 15 is 0 Å². The quantitative estimate of drug-likeness (QED) is 0.456. The molecule has 2 amide bonds. The maximum absolute atomic E-state index is 12.9. The van der Waals surface area contributed by atoms with Gasteiger partial charge in [-0.3, -0.25) is 25.2 Å². The summed E-state index contributed by atoms with van der Waals surface area (Å²) >= 11 is 5.56. The van der Waals surface area contributed by atoms with Crippen molar-refractivity contribution in [2.45, 2.75) is 19.6 Å². The van der Waals surface area contributed by atoms with Crippen LogP contribution in [0.5, 0.6) is 0 Å². The number of alkyl halides is 3. The van der Waals surface area contributed by atoms with Gasteiger partial charge < -0.3 is 0 Å². The van der Waals surface area contributed by atoms with Gasteiger partial charge in [0.05, 0.1) is 16.0 Å². The zero-order valence-corrected chi connectivity index (χ0v) is 17.3. The molecule has 0 spiro atoms. The van der Waals surface area contributed by atoms with Crippen molar-refractivity contribution in [1.29, 1.82) is 0 Å². The second-order valence-electron chi connectivity index (χ2n) is 6.53. The molecule has 0 aliphatic carbocycles.